The van der Waals surface area contributed by atoms with Crippen LogP contribution in [0, 0.1) is 13.8 Å². The zero-order valence-electron chi connectivity index (χ0n) is 12.6. The van der Waals surface area contributed by atoms with Gasteiger partial charge in [0.1, 0.15) is 5.75 Å². The van der Waals surface area contributed by atoms with E-state index in [0.29, 0.717) is 18.6 Å². The van der Waals surface area contributed by atoms with Crippen molar-refractivity contribution in [3.63, 3.8) is 0 Å². The number of aryl methyl sites for hydroxylation is 2. The molecule has 0 saturated heterocycles. The van der Waals surface area contributed by atoms with Gasteiger partial charge in [0, 0.05) is 16.5 Å². The monoisotopic (exact) mass is 346 g/mol. The van der Waals surface area contributed by atoms with Crippen molar-refractivity contribution in [1.29, 1.82) is 0 Å². The first kappa shape index (κ1) is 15.8. The molecule has 0 fully saturated rings. The number of Topliss-reactive ketones (excluding diaryl/α,β-unsaturated/α-hetero) is 1. The molecule has 110 valence electrons. The minimum Gasteiger partial charge on any atom is -0.494 e. The van der Waals surface area contributed by atoms with E-state index in [0.717, 1.165) is 21.3 Å². The predicted molar refractivity (Wildman–Crippen MR) is 89.3 cm³/mol. The van der Waals surface area contributed by atoms with Crippen LogP contribution in [-0.2, 0) is 6.42 Å². The summed E-state index contributed by atoms with van der Waals surface area (Å²) in [7, 11) is 0. The largest absolute Gasteiger partial charge is 0.494 e. The Kier molecular flexibility index (Phi) is 5.18. The molecular weight excluding hydrogens is 328 g/mol. The van der Waals surface area contributed by atoms with Gasteiger partial charge in [-0.05, 0) is 66.0 Å². The number of benzene rings is 2. The van der Waals surface area contributed by atoms with E-state index < -0.39 is 0 Å². The standard InChI is InChI=1S/C18H19BrO2/c1-4-21-15-7-8-16(17(19)11-15)18(20)10-14-9-12(2)5-6-13(14)3/h5-9,11H,4,10H2,1-3H3. The smallest absolute Gasteiger partial charge is 0.168 e. The molecule has 0 aliphatic rings. The van der Waals surface area contributed by atoms with Crippen molar-refractivity contribution >= 4 is 21.7 Å². The van der Waals surface area contributed by atoms with Gasteiger partial charge in [0.25, 0.3) is 0 Å². The molecule has 0 atom stereocenters. The molecule has 0 spiro atoms. The summed E-state index contributed by atoms with van der Waals surface area (Å²) in [6.07, 6.45) is 0.417. The van der Waals surface area contributed by atoms with E-state index >= 15 is 0 Å². The van der Waals surface area contributed by atoms with E-state index in [1.54, 1.807) is 0 Å². The maximum absolute atomic E-state index is 12.5. The van der Waals surface area contributed by atoms with Crippen molar-refractivity contribution in [2.24, 2.45) is 0 Å². The van der Waals surface area contributed by atoms with Crippen LogP contribution < -0.4 is 4.74 Å². The molecule has 2 nitrogen and oxygen atoms in total. The van der Waals surface area contributed by atoms with Crippen LogP contribution in [0.15, 0.2) is 40.9 Å². The first-order chi connectivity index (χ1) is 10.0. The zero-order chi connectivity index (χ0) is 15.4. The van der Waals surface area contributed by atoms with Crippen LogP contribution in [0.5, 0.6) is 5.75 Å². The molecule has 0 saturated carbocycles. The molecule has 0 unspecified atom stereocenters. The Morgan fingerprint density at radius 2 is 1.90 bits per heavy atom. The third-order valence-electron chi connectivity index (χ3n) is 3.41. The lowest BCUT2D eigenvalue weighted by Gasteiger charge is -2.09. The van der Waals surface area contributed by atoms with E-state index in [1.165, 1.54) is 5.56 Å². The van der Waals surface area contributed by atoms with Gasteiger partial charge in [0.05, 0.1) is 6.61 Å². The van der Waals surface area contributed by atoms with Gasteiger partial charge in [0.15, 0.2) is 5.78 Å². The maximum Gasteiger partial charge on any atom is 0.168 e. The fourth-order valence-corrected chi connectivity index (χ4v) is 2.82. The second-order valence-corrected chi connectivity index (χ2v) is 5.96. The average molecular weight is 347 g/mol. The first-order valence-corrected chi connectivity index (χ1v) is 7.82. The van der Waals surface area contributed by atoms with Crippen molar-refractivity contribution < 1.29 is 9.53 Å². The third kappa shape index (κ3) is 3.94. The van der Waals surface area contributed by atoms with Crippen LogP contribution in [0.4, 0.5) is 0 Å². The number of ether oxygens (including phenoxy) is 1. The van der Waals surface area contributed by atoms with Crippen molar-refractivity contribution in [2.45, 2.75) is 27.2 Å². The lowest BCUT2D eigenvalue weighted by atomic mass is 9.98. The molecule has 2 aromatic carbocycles. The Balaban J connectivity index is 2.22. The predicted octanol–water partition coefficient (Wildman–Crippen LogP) is 4.89. The van der Waals surface area contributed by atoms with E-state index in [2.05, 4.69) is 34.1 Å². The van der Waals surface area contributed by atoms with Gasteiger partial charge in [-0.15, -0.1) is 0 Å². The molecule has 0 aromatic heterocycles. The molecule has 0 aliphatic carbocycles. The van der Waals surface area contributed by atoms with Gasteiger partial charge in [-0.1, -0.05) is 23.8 Å². The van der Waals surface area contributed by atoms with E-state index in [1.807, 2.05) is 39.0 Å². The first-order valence-electron chi connectivity index (χ1n) is 7.03. The van der Waals surface area contributed by atoms with Crippen molar-refractivity contribution in [1.82, 2.24) is 0 Å². The SMILES string of the molecule is CCOc1ccc(C(=O)Cc2cc(C)ccc2C)c(Br)c1. The fraction of sp³-hybridized carbons (Fsp3) is 0.278. The number of rotatable bonds is 5. The van der Waals surface area contributed by atoms with Gasteiger partial charge in [0.2, 0.25) is 0 Å². The van der Waals surface area contributed by atoms with Gasteiger partial charge in [-0.3, -0.25) is 4.79 Å². The summed E-state index contributed by atoms with van der Waals surface area (Å²) < 4.78 is 6.21. The van der Waals surface area contributed by atoms with Crippen molar-refractivity contribution in [3.8, 4) is 5.75 Å². The van der Waals surface area contributed by atoms with Crippen LogP contribution in [0.25, 0.3) is 0 Å². The van der Waals surface area contributed by atoms with Gasteiger partial charge in [-0.25, -0.2) is 0 Å². The molecule has 0 N–H and O–H groups in total. The second-order valence-electron chi connectivity index (χ2n) is 5.10. The summed E-state index contributed by atoms with van der Waals surface area (Å²) >= 11 is 3.46. The van der Waals surface area contributed by atoms with E-state index in [-0.39, 0.29) is 5.78 Å². The quantitative estimate of drug-likeness (QED) is 0.720. The fourth-order valence-electron chi connectivity index (χ4n) is 2.24. The molecule has 21 heavy (non-hydrogen) atoms. The van der Waals surface area contributed by atoms with Gasteiger partial charge < -0.3 is 4.74 Å². The second kappa shape index (κ2) is 6.90. The van der Waals surface area contributed by atoms with Crippen LogP contribution >= 0.6 is 15.9 Å². The summed E-state index contributed by atoms with van der Waals surface area (Å²) in [5, 5.41) is 0. The Morgan fingerprint density at radius 1 is 1.14 bits per heavy atom. The summed E-state index contributed by atoms with van der Waals surface area (Å²) in [6, 6.07) is 11.7. The minimum absolute atomic E-state index is 0.110. The summed E-state index contributed by atoms with van der Waals surface area (Å²) in [6.45, 7) is 6.63. The highest BCUT2D eigenvalue weighted by Crippen LogP contribution is 2.25. The van der Waals surface area contributed by atoms with Crippen molar-refractivity contribution in [3.05, 3.63) is 63.1 Å². The van der Waals surface area contributed by atoms with Crippen LogP contribution in [0.2, 0.25) is 0 Å². The van der Waals surface area contributed by atoms with Gasteiger partial charge >= 0.3 is 0 Å². The molecule has 2 aromatic rings. The number of halogens is 1. The Hall–Kier alpha value is -1.61. The molecular formula is C18H19BrO2. The van der Waals surface area contributed by atoms with Crippen LogP contribution in [0.1, 0.15) is 34.0 Å². The summed E-state index contributed by atoms with van der Waals surface area (Å²) in [4.78, 5) is 12.5. The summed E-state index contributed by atoms with van der Waals surface area (Å²) in [5.41, 5.74) is 4.10. The highest BCUT2D eigenvalue weighted by molar-refractivity contribution is 9.10. The number of hydrogen-bond donors (Lipinski definition) is 0. The lowest BCUT2D eigenvalue weighted by molar-refractivity contribution is 0.0992. The Morgan fingerprint density at radius 3 is 2.57 bits per heavy atom. The number of hydrogen-bond acceptors (Lipinski definition) is 2. The third-order valence-corrected chi connectivity index (χ3v) is 4.06. The Labute approximate surface area is 134 Å². The molecule has 2 rings (SSSR count). The molecule has 3 heteroatoms. The van der Waals surface area contributed by atoms with E-state index in [4.69, 9.17) is 4.74 Å². The van der Waals surface area contributed by atoms with Crippen molar-refractivity contribution in [2.75, 3.05) is 6.61 Å². The number of carbonyl (C=O) groups excluding carboxylic acids is 1. The average Bonchev–Trinajstić information content (AvgIpc) is 2.43. The number of ketones is 1. The van der Waals surface area contributed by atoms with E-state index in [9.17, 15) is 4.79 Å². The topological polar surface area (TPSA) is 26.3 Å². The normalized spacial score (nSPS) is 10.5. The minimum atomic E-state index is 0.110. The Bertz CT molecular complexity index is 662. The molecule has 0 aliphatic heterocycles. The zero-order valence-corrected chi connectivity index (χ0v) is 14.2. The molecule has 0 amide bonds. The van der Waals surface area contributed by atoms with Crippen LogP contribution in [0.3, 0.4) is 0 Å². The highest BCUT2D eigenvalue weighted by Gasteiger charge is 2.13. The lowest BCUT2D eigenvalue weighted by Crippen LogP contribution is -2.06. The molecule has 0 bridgehead atoms. The highest BCUT2D eigenvalue weighted by atomic mass is 79.9. The molecule has 0 radical (unpaired) electrons. The summed E-state index contributed by atoms with van der Waals surface area (Å²) in [5.74, 6) is 0.881. The number of carbonyl (C=O) groups is 1. The van der Waals surface area contributed by atoms with Gasteiger partial charge in [-0.2, -0.15) is 0 Å². The maximum atomic E-state index is 12.5. The molecule has 0 heterocycles. The van der Waals surface area contributed by atoms with Crippen LogP contribution in [-0.4, -0.2) is 12.4 Å².